The normalized spacial score (nSPS) is 26.7. The lowest BCUT2D eigenvalue weighted by molar-refractivity contribution is 0.0539. The largest absolute Gasteiger partial charge is 0.357 e. The first kappa shape index (κ1) is 10.2. The summed E-state index contributed by atoms with van der Waals surface area (Å²) >= 11 is 0. The number of aromatic nitrogens is 1. The van der Waals surface area contributed by atoms with Gasteiger partial charge in [-0.25, -0.2) is 0 Å². The van der Waals surface area contributed by atoms with Crippen molar-refractivity contribution in [2.75, 3.05) is 13.1 Å². The Labute approximate surface area is 89.7 Å². The Morgan fingerprint density at radius 2 is 2.07 bits per heavy atom. The van der Waals surface area contributed by atoms with Crippen molar-refractivity contribution in [2.24, 2.45) is 0 Å². The van der Waals surface area contributed by atoms with E-state index in [1.165, 1.54) is 0 Å². The lowest BCUT2D eigenvalue weighted by atomic mass is 10.1. The monoisotopic (exact) mass is 207 g/mol. The van der Waals surface area contributed by atoms with E-state index in [9.17, 15) is 4.79 Å². The summed E-state index contributed by atoms with van der Waals surface area (Å²) in [5, 5.41) is 3.31. The Morgan fingerprint density at radius 1 is 1.40 bits per heavy atom. The number of amides is 1. The number of H-pyrrole nitrogens is 1. The highest BCUT2D eigenvalue weighted by molar-refractivity contribution is 5.92. The molecule has 1 fully saturated rings. The van der Waals surface area contributed by atoms with Gasteiger partial charge in [-0.1, -0.05) is 0 Å². The summed E-state index contributed by atoms with van der Waals surface area (Å²) in [4.78, 5) is 17.1. The van der Waals surface area contributed by atoms with Crippen molar-refractivity contribution in [3.8, 4) is 0 Å². The summed E-state index contributed by atoms with van der Waals surface area (Å²) < 4.78 is 0. The summed E-state index contributed by atoms with van der Waals surface area (Å²) in [6.07, 6.45) is 1.78. The minimum absolute atomic E-state index is 0.0986. The summed E-state index contributed by atoms with van der Waals surface area (Å²) in [5.41, 5.74) is 0.676. The van der Waals surface area contributed by atoms with Crippen molar-refractivity contribution in [3.63, 3.8) is 0 Å². The SMILES string of the molecule is CC1CNCC(C)N1C(=O)c1ccc[nH]1. The topological polar surface area (TPSA) is 48.1 Å². The van der Waals surface area contributed by atoms with E-state index in [0.717, 1.165) is 13.1 Å². The van der Waals surface area contributed by atoms with E-state index in [2.05, 4.69) is 24.1 Å². The van der Waals surface area contributed by atoms with E-state index >= 15 is 0 Å². The number of nitrogens with one attached hydrogen (secondary N) is 2. The van der Waals surface area contributed by atoms with Gasteiger partial charge in [-0.3, -0.25) is 4.79 Å². The number of carbonyl (C=O) groups excluding carboxylic acids is 1. The predicted octanol–water partition coefficient (Wildman–Crippen LogP) is 0.837. The van der Waals surface area contributed by atoms with Crippen LogP contribution >= 0.6 is 0 Å². The third kappa shape index (κ3) is 1.90. The summed E-state index contributed by atoms with van der Waals surface area (Å²) in [6.45, 7) is 5.89. The van der Waals surface area contributed by atoms with Crippen LogP contribution in [0.2, 0.25) is 0 Å². The lowest BCUT2D eigenvalue weighted by Crippen LogP contribution is -2.57. The highest BCUT2D eigenvalue weighted by atomic mass is 16.2. The maximum atomic E-state index is 12.1. The molecule has 15 heavy (non-hydrogen) atoms. The maximum absolute atomic E-state index is 12.1. The predicted molar refractivity (Wildman–Crippen MR) is 58.8 cm³/mol. The highest BCUT2D eigenvalue weighted by Gasteiger charge is 2.29. The summed E-state index contributed by atoms with van der Waals surface area (Å²) in [5.74, 6) is 0.0986. The summed E-state index contributed by atoms with van der Waals surface area (Å²) in [7, 11) is 0. The zero-order valence-electron chi connectivity index (χ0n) is 9.16. The van der Waals surface area contributed by atoms with Crippen LogP contribution in [0.4, 0.5) is 0 Å². The molecular formula is C11H17N3O. The molecular weight excluding hydrogens is 190 g/mol. The van der Waals surface area contributed by atoms with Gasteiger partial charge in [0.2, 0.25) is 0 Å². The fraction of sp³-hybridized carbons (Fsp3) is 0.545. The van der Waals surface area contributed by atoms with Gasteiger partial charge in [-0.05, 0) is 26.0 Å². The van der Waals surface area contributed by atoms with E-state index in [0.29, 0.717) is 5.69 Å². The average molecular weight is 207 g/mol. The second kappa shape index (κ2) is 4.06. The van der Waals surface area contributed by atoms with Gasteiger partial charge < -0.3 is 15.2 Å². The van der Waals surface area contributed by atoms with Gasteiger partial charge in [0.15, 0.2) is 0 Å². The van der Waals surface area contributed by atoms with Crippen molar-refractivity contribution < 1.29 is 4.79 Å². The quantitative estimate of drug-likeness (QED) is 0.717. The molecule has 0 aromatic carbocycles. The second-order valence-electron chi connectivity index (χ2n) is 4.15. The van der Waals surface area contributed by atoms with Crippen LogP contribution in [-0.4, -0.2) is 41.0 Å². The van der Waals surface area contributed by atoms with Gasteiger partial charge in [0, 0.05) is 31.4 Å². The molecule has 1 aliphatic rings. The van der Waals surface area contributed by atoms with E-state index in [1.807, 2.05) is 17.0 Å². The Bertz CT molecular complexity index is 324. The number of nitrogens with zero attached hydrogens (tertiary/aromatic N) is 1. The molecule has 2 atom stereocenters. The smallest absolute Gasteiger partial charge is 0.270 e. The van der Waals surface area contributed by atoms with Crippen LogP contribution in [0.3, 0.4) is 0 Å². The minimum Gasteiger partial charge on any atom is -0.357 e. The highest BCUT2D eigenvalue weighted by Crippen LogP contribution is 2.13. The molecule has 1 amide bonds. The molecule has 0 bridgehead atoms. The third-order valence-electron chi connectivity index (χ3n) is 2.89. The van der Waals surface area contributed by atoms with Crippen LogP contribution < -0.4 is 5.32 Å². The van der Waals surface area contributed by atoms with E-state index < -0.39 is 0 Å². The fourth-order valence-electron chi connectivity index (χ4n) is 2.14. The molecule has 2 rings (SSSR count). The third-order valence-corrected chi connectivity index (χ3v) is 2.89. The van der Waals surface area contributed by atoms with Crippen LogP contribution in [-0.2, 0) is 0 Å². The Balaban J connectivity index is 2.17. The van der Waals surface area contributed by atoms with Crippen LogP contribution in [0.5, 0.6) is 0 Å². The first-order valence-electron chi connectivity index (χ1n) is 5.37. The van der Waals surface area contributed by atoms with Crippen LogP contribution in [0.1, 0.15) is 24.3 Å². The molecule has 0 spiro atoms. The molecule has 1 aromatic heterocycles. The molecule has 1 aromatic rings. The Hall–Kier alpha value is -1.29. The van der Waals surface area contributed by atoms with E-state index in [-0.39, 0.29) is 18.0 Å². The van der Waals surface area contributed by atoms with Crippen LogP contribution in [0.15, 0.2) is 18.3 Å². The zero-order valence-corrected chi connectivity index (χ0v) is 9.16. The van der Waals surface area contributed by atoms with Gasteiger partial charge in [0.1, 0.15) is 5.69 Å². The van der Waals surface area contributed by atoms with Gasteiger partial charge in [0.05, 0.1) is 0 Å². The first-order chi connectivity index (χ1) is 7.20. The van der Waals surface area contributed by atoms with Crippen molar-refractivity contribution in [3.05, 3.63) is 24.0 Å². The molecule has 0 aliphatic carbocycles. The lowest BCUT2D eigenvalue weighted by Gasteiger charge is -2.39. The molecule has 4 nitrogen and oxygen atoms in total. The number of aromatic amines is 1. The van der Waals surface area contributed by atoms with Crippen molar-refractivity contribution in [2.45, 2.75) is 25.9 Å². The van der Waals surface area contributed by atoms with Gasteiger partial charge in [-0.2, -0.15) is 0 Å². The van der Waals surface area contributed by atoms with Gasteiger partial charge in [-0.15, -0.1) is 0 Å². The molecule has 4 heteroatoms. The summed E-state index contributed by atoms with van der Waals surface area (Å²) in [6, 6.07) is 4.18. The molecule has 0 saturated carbocycles. The van der Waals surface area contributed by atoms with Crippen LogP contribution in [0.25, 0.3) is 0 Å². The molecule has 2 N–H and O–H groups in total. The van der Waals surface area contributed by atoms with E-state index in [4.69, 9.17) is 0 Å². The van der Waals surface area contributed by atoms with Crippen molar-refractivity contribution >= 4 is 5.91 Å². The molecule has 0 radical (unpaired) electrons. The average Bonchev–Trinajstić information content (AvgIpc) is 2.69. The Morgan fingerprint density at radius 3 is 2.60 bits per heavy atom. The fourth-order valence-corrected chi connectivity index (χ4v) is 2.14. The molecule has 2 heterocycles. The zero-order chi connectivity index (χ0) is 10.8. The minimum atomic E-state index is 0.0986. The van der Waals surface area contributed by atoms with E-state index in [1.54, 1.807) is 6.20 Å². The number of hydrogen-bond acceptors (Lipinski definition) is 2. The van der Waals surface area contributed by atoms with Crippen molar-refractivity contribution in [1.82, 2.24) is 15.2 Å². The van der Waals surface area contributed by atoms with Crippen LogP contribution in [0, 0.1) is 0 Å². The molecule has 2 unspecified atom stereocenters. The first-order valence-corrected chi connectivity index (χ1v) is 5.37. The van der Waals surface area contributed by atoms with Gasteiger partial charge >= 0.3 is 0 Å². The number of hydrogen-bond donors (Lipinski definition) is 2. The number of carbonyl (C=O) groups is 1. The Kier molecular flexibility index (Phi) is 2.77. The maximum Gasteiger partial charge on any atom is 0.270 e. The number of rotatable bonds is 1. The molecule has 1 saturated heterocycles. The standard InChI is InChI=1S/C11H17N3O/c1-8-6-12-7-9(2)14(8)11(15)10-4-3-5-13-10/h3-5,8-9,12-13H,6-7H2,1-2H3. The number of piperazine rings is 1. The van der Waals surface area contributed by atoms with Gasteiger partial charge in [0.25, 0.3) is 5.91 Å². The molecule has 82 valence electrons. The second-order valence-corrected chi connectivity index (χ2v) is 4.15. The van der Waals surface area contributed by atoms with Crippen molar-refractivity contribution in [1.29, 1.82) is 0 Å². The molecule has 1 aliphatic heterocycles.